The van der Waals surface area contributed by atoms with Gasteiger partial charge in [-0.25, -0.2) is 9.59 Å². The predicted molar refractivity (Wildman–Crippen MR) is 151 cm³/mol. The maximum Gasteiger partial charge on any atom is 0.407 e. The van der Waals surface area contributed by atoms with Gasteiger partial charge in [0.05, 0.1) is 6.42 Å². The molecule has 2 aliphatic heterocycles. The van der Waals surface area contributed by atoms with Gasteiger partial charge in [-0.05, 0) is 41.5 Å². The molecule has 0 aromatic heterocycles. The lowest BCUT2D eigenvalue weighted by atomic mass is 10.0. The molecule has 45 heavy (non-hydrogen) atoms. The molecular weight excluding hydrogens is 604 g/mol. The quantitative estimate of drug-likeness (QED) is 0.204. The van der Waals surface area contributed by atoms with Crippen LogP contribution in [0.2, 0.25) is 0 Å². The van der Waals surface area contributed by atoms with Gasteiger partial charge >= 0.3 is 42.0 Å². The second kappa shape index (κ2) is 16.6. The van der Waals surface area contributed by atoms with E-state index in [1.54, 1.807) is 41.5 Å². The lowest BCUT2D eigenvalue weighted by molar-refractivity contribution is -0.239. The van der Waals surface area contributed by atoms with Crippen molar-refractivity contribution in [1.82, 2.24) is 10.6 Å². The van der Waals surface area contributed by atoms with E-state index in [-0.39, 0.29) is 32.4 Å². The molecule has 0 radical (unpaired) electrons. The second-order valence-electron chi connectivity index (χ2n) is 12.4. The number of Topliss-reactive ketones (excluding diaryl/α,β-unsaturated/α-hetero) is 1. The molecule has 0 saturated carbocycles. The van der Waals surface area contributed by atoms with Gasteiger partial charge in [0, 0.05) is 47.2 Å². The van der Waals surface area contributed by atoms with E-state index in [0.717, 1.165) is 0 Å². The first-order valence-electron chi connectivity index (χ1n) is 13.8. The van der Waals surface area contributed by atoms with Gasteiger partial charge in [-0.15, -0.1) is 0 Å². The molecule has 17 heteroatoms. The highest BCUT2D eigenvalue weighted by Gasteiger charge is 2.46. The maximum absolute atomic E-state index is 11.9. The third kappa shape index (κ3) is 19.5. The average Bonchev–Trinajstić information content (AvgIpc) is 2.74. The van der Waals surface area contributed by atoms with E-state index in [0.29, 0.717) is 0 Å². The topological polar surface area (TPSA) is 236 Å². The van der Waals surface area contributed by atoms with Crippen molar-refractivity contribution in [3.63, 3.8) is 0 Å². The van der Waals surface area contributed by atoms with E-state index in [9.17, 15) is 38.4 Å². The summed E-state index contributed by atoms with van der Waals surface area (Å²) in [5.41, 5.74) is -1.20. The third-order valence-electron chi connectivity index (χ3n) is 4.54. The van der Waals surface area contributed by atoms with Gasteiger partial charge in [0.1, 0.15) is 17.6 Å². The largest absolute Gasteiger partial charge is 0.481 e. The summed E-state index contributed by atoms with van der Waals surface area (Å²) in [6.45, 7) is 16.2. The van der Waals surface area contributed by atoms with Gasteiger partial charge in [-0.1, -0.05) is 0 Å². The normalized spacial score (nSPS) is 17.2. The van der Waals surface area contributed by atoms with Crippen molar-refractivity contribution in [1.29, 1.82) is 0 Å². The Kier molecular flexibility index (Phi) is 14.9. The van der Waals surface area contributed by atoms with Crippen molar-refractivity contribution in [3.8, 4) is 0 Å². The summed E-state index contributed by atoms with van der Waals surface area (Å²) in [4.78, 5) is 88.8. The fourth-order valence-corrected chi connectivity index (χ4v) is 3.07. The number of amides is 2. The standard InChI is InChI=1S/C14H21NO7.C8H15NO4.C6H8O4/c1-13(2,3)22-12(19)15-7-6-8(16)9-10(17)20-14(4,5)21-11(9)18;1-8(2,3)13-7(12)9-5-4-6(10)11;1-6(2)9-4(7)3-5(8)10-6/h9H,6-7H2,1-5H3,(H,15,19);4-5H2,1-3H3,(H,9,12)(H,10,11);3H2,1-2H3. The van der Waals surface area contributed by atoms with E-state index in [4.69, 9.17) is 24.1 Å². The van der Waals surface area contributed by atoms with Gasteiger partial charge in [-0.3, -0.25) is 28.8 Å². The summed E-state index contributed by atoms with van der Waals surface area (Å²) in [5, 5.41) is 13.0. The van der Waals surface area contributed by atoms with Crippen molar-refractivity contribution in [2.75, 3.05) is 13.1 Å². The van der Waals surface area contributed by atoms with Crippen molar-refractivity contribution in [3.05, 3.63) is 0 Å². The number of ketones is 1. The number of alkyl carbamates (subject to hydrolysis) is 2. The van der Waals surface area contributed by atoms with Gasteiger partial charge in [0.25, 0.3) is 11.6 Å². The van der Waals surface area contributed by atoms with Crippen molar-refractivity contribution >= 4 is 47.8 Å². The van der Waals surface area contributed by atoms with Gasteiger partial charge in [-0.2, -0.15) is 0 Å². The van der Waals surface area contributed by atoms with E-state index in [2.05, 4.69) is 20.1 Å². The molecule has 3 N–H and O–H groups in total. The van der Waals surface area contributed by atoms with Gasteiger partial charge in [0.15, 0.2) is 5.78 Å². The van der Waals surface area contributed by atoms with Crippen LogP contribution >= 0.6 is 0 Å². The highest BCUT2D eigenvalue weighted by molar-refractivity contribution is 6.15. The van der Waals surface area contributed by atoms with Crippen molar-refractivity contribution in [2.45, 2.75) is 111 Å². The summed E-state index contributed by atoms with van der Waals surface area (Å²) in [5.74, 6) is -8.62. The molecule has 256 valence electrons. The third-order valence-corrected chi connectivity index (χ3v) is 4.54. The highest BCUT2D eigenvalue weighted by atomic mass is 16.8. The first kappa shape index (κ1) is 40.6. The Morgan fingerprint density at radius 2 is 1.07 bits per heavy atom. The predicted octanol–water partition coefficient (Wildman–Crippen LogP) is 2.12. The SMILES string of the molecule is CC(C)(C)OC(=O)NCCC(=O)C1C(=O)OC(C)(C)OC1=O.CC(C)(C)OC(=O)NCCC(=O)O.CC1(C)OC(=O)CC(=O)O1. The van der Waals surface area contributed by atoms with E-state index in [1.165, 1.54) is 27.7 Å². The first-order valence-corrected chi connectivity index (χ1v) is 13.8. The van der Waals surface area contributed by atoms with Crippen LogP contribution in [0.1, 0.15) is 88.5 Å². The number of nitrogens with one attached hydrogen (secondary N) is 2. The molecule has 0 spiro atoms. The van der Waals surface area contributed by atoms with E-state index < -0.39 is 76.5 Å². The molecule has 2 saturated heterocycles. The van der Waals surface area contributed by atoms with Crippen molar-refractivity contribution < 1.29 is 71.9 Å². The molecule has 2 rings (SSSR count). The zero-order chi connectivity index (χ0) is 35.4. The molecular formula is C28H44N2O15. The fourth-order valence-electron chi connectivity index (χ4n) is 3.07. The van der Waals surface area contributed by atoms with Crippen LogP contribution in [-0.2, 0) is 57.2 Å². The van der Waals surface area contributed by atoms with E-state index >= 15 is 0 Å². The lowest BCUT2D eigenvalue weighted by Gasteiger charge is -2.32. The Balaban J connectivity index is 0.000000712. The van der Waals surface area contributed by atoms with Crippen LogP contribution in [0.4, 0.5) is 9.59 Å². The summed E-state index contributed by atoms with van der Waals surface area (Å²) in [7, 11) is 0. The van der Waals surface area contributed by atoms with Crippen LogP contribution in [0.15, 0.2) is 0 Å². The van der Waals surface area contributed by atoms with Gasteiger partial charge < -0.3 is 44.2 Å². The zero-order valence-corrected chi connectivity index (χ0v) is 27.3. The Bertz CT molecular complexity index is 1090. The number of ether oxygens (including phenoxy) is 6. The molecule has 0 unspecified atom stereocenters. The molecule has 0 bridgehead atoms. The van der Waals surface area contributed by atoms with Gasteiger partial charge in [0.2, 0.25) is 5.92 Å². The smallest absolute Gasteiger partial charge is 0.407 e. The zero-order valence-electron chi connectivity index (χ0n) is 27.3. The molecule has 2 heterocycles. The molecule has 2 fully saturated rings. The highest BCUT2D eigenvalue weighted by Crippen LogP contribution is 2.24. The molecule has 0 atom stereocenters. The van der Waals surface area contributed by atoms with E-state index in [1.807, 2.05) is 0 Å². The molecule has 17 nitrogen and oxygen atoms in total. The number of carbonyl (C=O) groups excluding carboxylic acids is 7. The van der Waals surface area contributed by atoms with Crippen LogP contribution in [0, 0.1) is 5.92 Å². The number of carbonyl (C=O) groups is 8. The number of carboxylic acids is 1. The van der Waals surface area contributed by atoms with Crippen LogP contribution in [0.25, 0.3) is 0 Å². The molecule has 0 aromatic rings. The minimum atomic E-state index is -1.60. The second-order valence-corrected chi connectivity index (χ2v) is 12.4. The van der Waals surface area contributed by atoms with Crippen LogP contribution < -0.4 is 10.6 Å². The molecule has 2 amide bonds. The number of hydrogen-bond acceptors (Lipinski definition) is 14. The summed E-state index contributed by atoms with van der Waals surface area (Å²) >= 11 is 0. The molecule has 0 aromatic carbocycles. The minimum absolute atomic E-state index is 0.0613. The summed E-state index contributed by atoms with van der Waals surface area (Å²) in [6.07, 6.45) is -1.86. The first-order chi connectivity index (χ1) is 20.2. The summed E-state index contributed by atoms with van der Waals surface area (Å²) in [6, 6.07) is 0. The van der Waals surface area contributed by atoms with Crippen molar-refractivity contribution in [2.24, 2.45) is 5.92 Å². The Morgan fingerprint density at radius 1 is 0.711 bits per heavy atom. The minimum Gasteiger partial charge on any atom is -0.481 e. The maximum atomic E-state index is 11.9. The number of cyclic esters (lactones) is 4. The number of aliphatic carboxylic acids is 1. The number of rotatable bonds is 7. The van der Waals surface area contributed by atoms with Crippen LogP contribution in [0.5, 0.6) is 0 Å². The fraction of sp³-hybridized carbons (Fsp3) is 0.714. The van der Waals surface area contributed by atoms with Crippen LogP contribution in [-0.4, -0.2) is 88.8 Å². The summed E-state index contributed by atoms with van der Waals surface area (Å²) < 4.78 is 28.9. The molecule has 0 aliphatic carbocycles. The average molecular weight is 649 g/mol. The Morgan fingerprint density at radius 3 is 1.40 bits per heavy atom. The number of hydrogen-bond donors (Lipinski definition) is 3. The molecule has 2 aliphatic rings. The Hall–Kier alpha value is -4.44. The lowest BCUT2D eigenvalue weighted by Crippen LogP contribution is -2.49. The number of esters is 4. The monoisotopic (exact) mass is 648 g/mol. The van der Waals surface area contributed by atoms with Crippen LogP contribution in [0.3, 0.4) is 0 Å². The Labute approximate surface area is 260 Å². The number of carboxylic acid groups (broad SMARTS) is 1.